The van der Waals surface area contributed by atoms with E-state index in [0.717, 1.165) is 22.4 Å². The van der Waals surface area contributed by atoms with Crippen molar-refractivity contribution in [1.29, 1.82) is 0 Å². The summed E-state index contributed by atoms with van der Waals surface area (Å²) < 4.78 is 22.6. The lowest BCUT2D eigenvalue weighted by Crippen LogP contribution is -2.50. The molecule has 0 fully saturated rings. The third kappa shape index (κ3) is 6.01. The molecule has 0 aliphatic carbocycles. The van der Waals surface area contributed by atoms with Gasteiger partial charge in [0.15, 0.2) is 11.6 Å². The molecular formula is C25H21ClFN5O5. The number of nitrogens with zero attached hydrogens (tertiary/aromatic N) is 4. The van der Waals surface area contributed by atoms with Gasteiger partial charge in [0.25, 0.3) is 0 Å². The normalized spacial score (nSPS) is 11.5. The number of carboxylic acids is 1. The molecule has 0 aliphatic heterocycles. The maximum atomic E-state index is 14.8. The largest absolute Gasteiger partial charge is 0.478 e. The lowest BCUT2D eigenvalue weighted by Gasteiger charge is -2.11. The van der Waals surface area contributed by atoms with Crippen LogP contribution in [0.2, 0.25) is 5.02 Å². The fraction of sp³-hybridized carbons (Fsp3) is 0.160. The quantitative estimate of drug-likeness (QED) is 0.360. The van der Waals surface area contributed by atoms with E-state index < -0.39 is 23.2 Å². The van der Waals surface area contributed by atoms with Crippen molar-refractivity contribution in [2.75, 3.05) is 0 Å². The second-order valence-corrected chi connectivity index (χ2v) is 8.36. The first kappa shape index (κ1) is 25.6. The number of rotatable bonds is 8. The zero-order chi connectivity index (χ0) is 26.5. The third-order valence-electron chi connectivity index (χ3n) is 5.23. The van der Waals surface area contributed by atoms with Gasteiger partial charge in [-0.2, -0.15) is 0 Å². The van der Waals surface area contributed by atoms with Crippen LogP contribution in [0.4, 0.5) is 10.1 Å². The SMILES string of the molecule is CCCn1c(=O)[nH]/c(=N\c2ccc(Oc3ccc(C(=O)O)cn3)c(F)c2)n(Cc2ccc(Cl)cc2)c1=O. The number of H-pyrrole nitrogens is 1. The average molecular weight is 526 g/mol. The van der Waals surface area contributed by atoms with Gasteiger partial charge in [-0.1, -0.05) is 30.7 Å². The molecule has 0 saturated heterocycles. The van der Waals surface area contributed by atoms with E-state index in [4.69, 9.17) is 21.4 Å². The summed E-state index contributed by atoms with van der Waals surface area (Å²) >= 11 is 5.96. The highest BCUT2D eigenvalue weighted by atomic mass is 35.5. The molecule has 4 rings (SSSR count). The Morgan fingerprint density at radius 1 is 1.14 bits per heavy atom. The molecule has 4 aromatic rings. The van der Waals surface area contributed by atoms with Crippen molar-refractivity contribution in [2.24, 2.45) is 4.99 Å². The molecule has 190 valence electrons. The van der Waals surface area contributed by atoms with E-state index >= 15 is 0 Å². The summed E-state index contributed by atoms with van der Waals surface area (Å²) in [5, 5.41) is 9.49. The Kier molecular flexibility index (Phi) is 7.63. The molecule has 0 saturated carbocycles. The van der Waals surface area contributed by atoms with Crippen molar-refractivity contribution in [3.8, 4) is 11.6 Å². The van der Waals surface area contributed by atoms with Crippen LogP contribution in [-0.4, -0.2) is 30.2 Å². The molecule has 2 N–H and O–H groups in total. The van der Waals surface area contributed by atoms with E-state index in [1.165, 1.54) is 28.8 Å². The van der Waals surface area contributed by atoms with Crippen molar-refractivity contribution < 1.29 is 19.0 Å². The van der Waals surface area contributed by atoms with Crippen LogP contribution >= 0.6 is 11.6 Å². The lowest BCUT2D eigenvalue weighted by molar-refractivity contribution is 0.0696. The molecular weight excluding hydrogens is 505 g/mol. The summed E-state index contributed by atoms with van der Waals surface area (Å²) in [6.45, 7) is 2.16. The van der Waals surface area contributed by atoms with Crippen LogP contribution < -0.4 is 21.7 Å². The zero-order valence-corrected chi connectivity index (χ0v) is 20.3. The molecule has 0 unspecified atom stereocenters. The minimum absolute atomic E-state index is 0.00161. The third-order valence-corrected chi connectivity index (χ3v) is 5.48. The van der Waals surface area contributed by atoms with Crippen LogP contribution in [0.5, 0.6) is 11.6 Å². The predicted octanol–water partition coefficient (Wildman–Crippen LogP) is 3.71. The van der Waals surface area contributed by atoms with Crippen LogP contribution in [0.15, 0.2) is 75.4 Å². The number of aromatic amines is 1. The summed E-state index contributed by atoms with van der Waals surface area (Å²) in [6.07, 6.45) is 1.66. The predicted molar refractivity (Wildman–Crippen MR) is 133 cm³/mol. The van der Waals surface area contributed by atoms with E-state index in [1.807, 2.05) is 6.92 Å². The number of ether oxygens (including phenoxy) is 1. The monoisotopic (exact) mass is 525 g/mol. The highest BCUT2D eigenvalue weighted by molar-refractivity contribution is 6.30. The van der Waals surface area contributed by atoms with E-state index in [9.17, 15) is 18.8 Å². The van der Waals surface area contributed by atoms with Gasteiger partial charge in [-0.3, -0.25) is 9.55 Å². The zero-order valence-electron chi connectivity index (χ0n) is 19.5. The molecule has 12 heteroatoms. The Hall–Kier alpha value is -4.51. The molecule has 0 bridgehead atoms. The first-order valence-electron chi connectivity index (χ1n) is 11.1. The van der Waals surface area contributed by atoms with Gasteiger partial charge in [0, 0.05) is 29.9 Å². The molecule has 2 heterocycles. The summed E-state index contributed by atoms with van der Waals surface area (Å²) in [5.41, 5.74) is -0.425. The van der Waals surface area contributed by atoms with Crippen LogP contribution in [0.25, 0.3) is 0 Å². The Morgan fingerprint density at radius 2 is 1.89 bits per heavy atom. The summed E-state index contributed by atoms with van der Waals surface area (Å²) in [5.74, 6) is -2.10. The van der Waals surface area contributed by atoms with Crippen molar-refractivity contribution in [3.05, 3.63) is 109 Å². The molecule has 0 aliphatic rings. The number of hydrogen-bond acceptors (Lipinski definition) is 6. The Bertz CT molecular complexity index is 1630. The van der Waals surface area contributed by atoms with Gasteiger partial charge in [-0.15, -0.1) is 0 Å². The second kappa shape index (κ2) is 11.0. The Morgan fingerprint density at radius 3 is 2.51 bits per heavy atom. The average Bonchev–Trinajstić information content (AvgIpc) is 2.87. The summed E-state index contributed by atoms with van der Waals surface area (Å²) in [6, 6.07) is 13.3. The van der Waals surface area contributed by atoms with Crippen LogP contribution in [-0.2, 0) is 13.1 Å². The smallest absolute Gasteiger partial charge is 0.337 e. The summed E-state index contributed by atoms with van der Waals surface area (Å²) in [7, 11) is 0. The van der Waals surface area contributed by atoms with E-state index in [1.54, 1.807) is 24.3 Å². The molecule has 0 spiro atoms. The topological polar surface area (TPSA) is 132 Å². The summed E-state index contributed by atoms with van der Waals surface area (Å²) in [4.78, 5) is 47.4. The first-order chi connectivity index (χ1) is 17.7. The van der Waals surface area contributed by atoms with Crippen molar-refractivity contribution >= 4 is 23.3 Å². The fourth-order valence-electron chi connectivity index (χ4n) is 3.42. The first-order valence-corrected chi connectivity index (χ1v) is 11.5. The van der Waals surface area contributed by atoms with Gasteiger partial charge >= 0.3 is 17.3 Å². The molecule has 37 heavy (non-hydrogen) atoms. The van der Waals surface area contributed by atoms with Crippen LogP contribution in [0.3, 0.4) is 0 Å². The highest BCUT2D eigenvalue weighted by Gasteiger charge is 2.12. The lowest BCUT2D eigenvalue weighted by atomic mass is 10.2. The van der Waals surface area contributed by atoms with Gasteiger partial charge < -0.3 is 9.84 Å². The number of aromatic carboxylic acids is 1. The van der Waals surface area contributed by atoms with Crippen molar-refractivity contribution in [1.82, 2.24) is 19.1 Å². The maximum absolute atomic E-state index is 14.8. The van der Waals surface area contributed by atoms with Crippen molar-refractivity contribution in [3.63, 3.8) is 0 Å². The number of carbonyl (C=O) groups is 1. The van der Waals surface area contributed by atoms with Gasteiger partial charge in [-0.05, 0) is 42.3 Å². The Balaban J connectivity index is 1.71. The Labute approximate surface area is 213 Å². The molecule has 0 radical (unpaired) electrons. The van der Waals surface area contributed by atoms with Crippen LogP contribution in [0, 0.1) is 5.82 Å². The van der Waals surface area contributed by atoms with E-state index in [-0.39, 0.29) is 41.6 Å². The van der Waals surface area contributed by atoms with Crippen LogP contribution in [0.1, 0.15) is 29.3 Å². The standard InChI is InChI=1S/C25H21ClFN5O5/c1-2-11-31-24(35)30-23(32(25(31)36)14-15-3-6-17(26)7-4-15)29-18-8-9-20(19(27)12-18)37-21-10-5-16(13-28-21)22(33)34/h3-10,12-13H,2,11,14H2,1H3,(H,33,34)(H,29,30,35). The molecule has 0 atom stereocenters. The minimum atomic E-state index is -1.15. The number of hydrogen-bond donors (Lipinski definition) is 2. The van der Waals surface area contributed by atoms with Crippen molar-refractivity contribution in [2.45, 2.75) is 26.4 Å². The van der Waals surface area contributed by atoms with Gasteiger partial charge in [0.2, 0.25) is 11.5 Å². The highest BCUT2D eigenvalue weighted by Crippen LogP contribution is 2.26. The second-order valence-electron chi connectivity index (χ2n) is 7.92. The number of aromatic nitrogens is 4. The van der Waals surface area contributed by atoms with Gasteiger partial charge in [0.05, 0.1) is 17.8 Å². The number of carboxylic acid groups (broad SMARTS) is 1. The minimum Gasteiger partial charge on any atom is -0.478 e. The molecule has 0 amide bonds. The van der Waals surface area contributed by atoms with E-state index in [0.29, 0.717) is 11.4 Å². The van der Waals surface area contributed by atoms with E-state index in [2.05, 4.69) is 15.0 Å². The molecule has 10 nitrogen and oxygen atoms in total. The number of benzene rings is 2. The molecule has 2 aromatic carbocycles. The fourth-order valence-corrected chi connectivity index (χ4v) is 3.55. The van der Waals surface area contributed by atoms with Gasteiger partial charge in [0.1, 0.15) is 0 Å². The number of pyridine rings is 1. The maximum Gasteiger partial charge on any atom is 0.337 e. The molecule has 2 aromatic heterocycles. The number of halogens is 2. The number of nitrogens with one attached hydrogen (secondary N) is 1. The van der Waals surface area contributed by atoms with Gasteiger partial charge in [-0.25, -0.2) is 33.3 Å².